The molecule has 0 aliphatic rings. The molecule has 0 bridgehead atoms. The molecule has 0 fully saturated rings. The first-order chi connectivity index (χ1) is 12.6. The fraction of sp³-hybridized carbons (Fsp3) is 0.167. The normalized spacial score (nSPS) is 12.3. The molecule has 132 valence electrons. The molecule has 2 N–H and O–H groups in total. The average Bonchev–Trinajstić information content (AvgIpc) is 3.35. The van der Waals surface area contributed by atoms with Crippen molar-refractivity contribution in [3.05, 3.63) is 58.4 Å². The number of aromatic amines is 1. The number of amides is 1. The molecular formula is C18H16N4O2S2. The van der Waals surface area contributed by atoms with Crippen molar-refractivity contribution in [3.63, 3.8) is 0 Å². The number of benzene rings is 1. The van der Waals surface area contributed by atoms with Crippen molar-refractivity contribution >= 4 is 40.4 Å². The molecule has 4 aromatic rings. The second-order valence-corrected chi connectivity index (χ2v) is 7.23. The van der Waals surface area contributed by atoms with Gasteiger partial charge in [0, 0.05) is 5.39 Å². The number of aromatic nitrogens is 3. The summed E-state index contributed by atoms with van der Waals surface area (Å²) in [5.74, 6) is 1.22. The van der Waals surface area contributed by atoms with Crippen LogP contribution in [0, 0.1) is 4.77 Å². The molecule has 3 heterocycles. The van der Waals surface area contributed by atoms with E-state index in [0.717, 1.165) is 15.8 Å². The lowest BCUT2D eigenvalue weighted by molar-refractivity contribution is -0.122. The van der Waals surface area contributed by atoms with Crippen molar-refractivity contribution in [3.8, 4) is 10.7 Å². The highest BCUT2D eigenvalue weighted by Crippen LogP contribution is 2.24. The molecule has 0 aliphatic carbocycles. The van der Waals surface area contributed by atoms with Crippen LogP contribution in [0.1, 0.15) is 18.7 Å². The summed E-state index contributed by atoms with van der Waals surface area (Å²) in [7, 11) is 0. The summed E-state index contributed by atoms with van der Waals surface area (Å²) < 4.78 is 7.93. The second-order valence-electron chi connectivity index (χ2n) is 5.89. The summed E-state index contributed by atoms with van der Waals surface area (Å²) in [6.45, 7) is 1.98. The first-order valence-electron chi connectivity index (χ1n) is 8.09. The Kier molecular flexibility index (Phi) is 4.44. The van der Waals surface area contributed by atoms with E-state index in [9.17, 15) is 4.79 Å². The zero-order valence-corrected chi connectivity index (χ0v) is 15.6. The van der Waals surface area contributed by atoms with E-state index in [-0.39, 0.29) is 18.5 Å². The van der Waals surface area contributed by atoms with Crippen molar-refractivity contribution < 1.29 is 9.21 Å². The molecule has 1 amide bonds. The van der Waals surface area contributed by atoms with Gasteiger partial charge in [0.1, 0.15) is 17.9 Å². The number of rotatable bonds is 5. The van der Waals surface area contributed by atoms with Gasteiger partial charge >= 0.3 is 0 Å². The third kappa shape index (κ3) is 3.21. The molecule has 0 saturated carbocycles. The highest BCUT2D eigenvalue weighted by molar-refractivity contribution is 7.71. The number of nitrogens with zero attached hydrogens (tertiary/aromatic N) is 2. The fourth-order valence-electron chi connectivity index (χ4n) is 2.78. The number of hydrogen-bond donors (Lipinski definition) is 2. The fourth-order valence-corrected chi connectivity index (χ4v) is 3.69. The van der Waals surface area contributed by atoms with E-state index in [1.165, 1.54) is 0 Å². The number of fused-ring (bicyclic) bond motifs is 1. The van der Waals surface area contributed by atoms with Crippen LogP contribution in [0.4, 0.5) is 0 Å². The third-order valence-corrected chi connectivity index (χ3v) is 5.23. The predicted octanol–water partition coefficient (Wildman–Crippen LogP) is 4.29. The molecule has 1 aromatic carbocycles. The maximum Gasteiger partial charge on any atom is 0.240 e. The second kappa shape index (κ2) is 6.89. The molecule has 6 nitrogen and oxygen atoms in total. The zero-order chi connectivity index (χ0) is 18.1. The lowest BCUT2D eigenvalue weighted by Gasteiger charge is -2.12. The highest BCUT2D eigenvalue weighted by atomic mass is 32.1. The van der Waals surface area contributed by atoms with Gasteiger partial charge in [-0.05, 0) is 42.7 Å². The minimum absolute atomic E-state index is 0.0904. The Morgan fingerprint density at radius 2 is 2.23 bits per heavy atom. The van der Waals surface area contributed by atoms with Gasteiger partial charge in [-0.25, -0.2) is 0 Å². The van der Waals surface area contributed by atoms with Gasteiger partial charge < -0.3 is 9.73 Å². The summed E-state index contributed by atoms with van der Waals surface area (Å²) in [6, 6.07) is 13.3. The molecule has 1 atom stereocenters. The Bertz CT molecular complexity index is 1070. The van der Waals surface area contributed by atoms with Gasteiger partial charge in [0.2, 0.25) is 5.91 Å². The van der Waals surface area contributed by atoms with Crippen LogP contribution in [0.15, 0.2) is 52.3 Å². The molecule has 1 unspecified atom stereocenters. The smallest absolute Gasteiger partial charge is 0.240 e. The van der Waals surface area contributed by atoms with Gasteiger partial charge in [-0.1, -0.05) is 24.3 Å². The molecule has 0 aliphatic heterocycles. The first-order valence-corrected chi connectivity index (χ1v) is 9.37. The predicted molar refractivity (Wildman–Crippen MR) is 103 cm³/mol. The van der Waals surface area contributed by atoms with Gasteiger partial charge in [0.25, 0.3) is 0 Å². The molecule has 0 saturated heterocycles. The summed E-state index contributed by atoms with van der Waals surface area (Å²) in [5.41, 5.74) is 0.806. The maximum absolute atomic E-state index is 12.5. The summed E-state index contributed by atoms with van der Waals surface area (Å²) in [5, 5.41) is 12.9. The van der Waals surface area contributed by atoms with Gasteiger partial charge in [-0.2, -0.15) is 5.10 Å². The van der Waals surface area contributed by atoms with Crippen LogP contribution >= 0.6 is 23.6 Å². The minimum Gasteiger partial charge on any atom is -0.459 e. The number of thiophene rings is 1. The van der Waals surface area contributed by atoms with Gasteiger partial charge in [-0.3, -0.25) is 14.5 Å². The van der Waals surface area contributed by atoms with Gasteiger partial charge in [0.15, 0.2) is 10.6 Å². The van der Waals surface area contributed by atoms with E-state index in [0.29, 0.717) is 16.4 Å². The third-order valence-electron chi connectivity index (χ3n) is 4.05. The lowest BCUT2D eigenvalue weighted by atomic mass is 10.2. The van der Waals surface area contributed by atoms with Crippen LogP contribution in [0.3, 0.4) is 0 Å². The first kappa shape index (κ1) is 16.7. The van der Waals surface area contributed by atoms with Crippen LogP contribution in [-0.2, 0) is 11.3 Å². The number of nitrogens with one attached hydrogen (secondary N) is 2. The topological polar surface area (TPSA) is 75.8 Å². The van der Waals surface area contributed by atoms with Crippen LogP contribution in [0.25, 0.3) is 21.7 Å². The number of furan rings is 1. The molecular weight excluding hydrogens is 368 g/mol. The number of H-pyrrole nitrogens is 1. The van der Waals surface area contributed by atoms with Crippen molar-refractivity contribution in [2.45, 2.75) is 19.5 Å². The Morgan fingerprint density at radius 1 is 1.38 bits per heavy atom. The summed E-state index contributed by atoms with van der Waals surface area (Å²) >= 11 is 6.81. The highest BCUT2D eigenvalue weighted by Gasteiger charge is 2.17. The van der Waals surface area contributed by atoms with E-state index in [2.05, 4.69) is 15.5 Å². The number of carbonyl (C=O) groups is 1. The van der Waals surface area contributed by atoms with E-state index >= 15 is 0 Å². The van der Waals surface area contributed by atoms with Crippen LogP contribution < -0.4 is 5.32 Å². The van der Waals surface area contributed by atoms with Crippen LogP contribution in [0.5, 0.6) is 0 Å². The summed E-state index contributed by atoms with van der Waals surface area (Å²) in [6.07, 6.45) is 0. The average molecular weight is 384 g/mol. The SMILES string of the molecule is CC(NC(=O)Cn1c(-c2cccs2)n[nH]c1=S)c1cc2ccccc2o1. The Hall–Kier alpha value is -2.71. The number of para-hydroxylation sites is 1. The Morgan fingerprint density at radius 3 is 3.00 bits per heavy atom. The van der Waals surface area contributed by atoms with Gasteiger partial charge in [0.05, 0.1) is 10.9 Å². The van der Waals surface area contributed by atoms with E-state index in [4.69, 9.17) is 16.6 Å². The van der Waals surface area contributed by atoms with Crippen molar-refractivity contribution in [1.82, 2.24) is 20.1 Å². The Labute approximate surface area is 158 Å². The molecule has 0 radical (unpaired) electrons. The molecule has 8 heteroatoms. The van der Waals surface area contributed by atoms with E-state index in [1.54, 1.807) is 15.9 Å². The largest absolute Gasteiger partial charge is 0.459 e. The lowest BCUT2D eigenvalue weighted by Crippen LogP contribution is -2.30. The zero-order valence-electron chi connectivity index (χ0n) is 13.9. The van der Waals surface area contributed by atoms with Gasteiger partial charge in [-0.15, -0.1) is 11.3 Å². The van der Waals surface area contributed by atoms with Crippen molar-refractivity contribution in [1.29, 1.82) is 0 Å². The molecule has 26 heavy (non-hydrogen) atoms. The molecule has 4 rings (SSSR count). The number of hydrogen-bond acceptors (Lipinski definition) is 5. The summed E-state index contributed by atoms with van der Waals surface area (Å²) in [4.78, 5) is 13.5. The maximum atomic E-state index is 12.5. The van der Waals surface area contributed by atoms with Crippen LogP contribution in [-0.4, -0.2) is 20.7 Å². The van der Waals surface area contributed by atoms with Crippen LogP contribution in [0.2, 0.25) is 0 Å². The number of carbonyl (C=O) groups excluding carboxylic acids is 1. The van der Waals surface area contributed by atoms with E-state index < -0.39 is 0 Å². The quantitative estimate of drug-likeness (QED) is 0.503. The molecule has 0 spiro atoms. The van der Waals surface area contributed by atoms with Crippen molar-refractivity contribution in [2.24, 2.45) is 0 Å². The van der Waals surface area contributed by atoms with E-state index in [1.807, 2.05) is 54.8 Å². The monoisotopic (exact) mass is 384 g/mol. The standard InChI is InChI=1S/C18H16N4O2S2/c1-11(14-9-12-5-2-3-6-13(12)24-14)19-16(23)10-22-17(20-21-18(22)25)15-7-4-8-26-15/h2-9,11H,10H2,1H3,(H,19,23)(H,21,25). The molecule has 3 aromatic heterocycles. The Balaban J connectivity index is 1.51. The minimum atomic E-state index is -0.249. The van der Waals surface area contributed by atoms with Crippen molar-refractivity contribution in [2.75, 3.05) is 0 Å².